The van der Waals surface area contributed by atoms with Gasteiger partial charge in [-0.05, 0) is 56.6 Å². The standard InChI is InChI=1S/C15H25N3S/c1-3-8-13-15(19-18-17-13)14(16-11-4-2)12-9-6-5-7-10-12/h9,14,16H,3-8,10-11H2,1-2H3. The van der Waals surface area contributed by atoms with E-state index in [9.17, 15) is 0 Å². The molecule has 1 heterocycles. The molecule has 0 bridgehead atoms. The third kappa shape index (κ3) is 3.86. The van der Waals surface area contributed by atoms with E-state index in [2.05, 4.69) is 34.8 Å². The maximum Gasteiger partial charge on any atom is 0.0807 e. The first-order chi connectivity index (χ1) is 9.36. The van der Waals surface area contributed by atoms with Crippen LogP contribution in [0.25, 0.3) is 0 Å². The van der Waals surface area contributed by atoms with Crippen molar-refractivity contribution in [3.8, 4) is 0 Å². The number of hydrogen-bond acceptors (Lipinski definition) is 4. The van der Waals surface area contributed by atoms with Gasteiger partial charge in [0.15, 0.2) is 0 Å². The smallest absolute Gasteiger partial charge is 0.0807 e. The van der Waals surface area contributed by atoms with E-state index in [1.54, 1.807) is 17.1 Å². The zero-order valence-electron chi connectivity index (χ0n) is 12.1. The van der Waals surface area contributed by atoms with Crippen LogP contribution in [0.3, 0.4) is 0 Å². The number of aromatic nitrogens is 2. The highest BCUT2D eigenvalue weighted by Crippen LogP contribution is 2.33. The molecular weight excluding hydrogens is 254 g/mol. The van der Waals surface area contributed by atoms with Crippen LogP contribution in [0.15, 0.2) is 11.6 Å². The van der Waals surface area contributed by atoms with Crippen molar-refractivity contribution >= 4 is 11.5 Å². The van der Waals surface area contributed by atoms with E-state index in [1.807, 2.05) is 0 Å². The van der Waals surface area contributed by atoms with E-state index in [1.165, 1.54) is 42.7 Å². The van der Waals surface area contributed by atoms with E-state index in [0.29, 0.717) is 6.04 Å². The van der Waals surface area contributed by atoms with Crippen molar-refractivity contribution < 1.29 is 0 Å². The number of hydrogen-bond donors (Lipinski definition) is 1. The van der Waals surface area contributed by atoms with Gasteiger partial charge in [0.2, 0.25) is 0 Å². The van der Waals surface area contributed by atoms with Crippen molar-refractivity contribution in [1.82, 2.24) is 14.9 Å². The molecule has 0 radical (unpaired) electrons. The van der Waals surface area contributed by atoms with Crippen LogP contribution in [0, 0.1) is 0 Å². The number of aryl methyl sites for hydroxylation is 1. The van der Waals surface area contributed by atoms with Gasteiger partial charge in [0, 0.05) is 0 Å². The lowest BCUT2D eigenvalue weighted by Crippen LogP contribution is -2.25. The topological polar surface area (TPSA) is 37.8 Å². The lowest BCUT2D eigenvalue weighted by molar-refractivity contribution is 0.548. The largest absolute Gasteiger partial charge is 0.306 e. The average molecular weight is 279 g/mol. The summed E-state index contributed by atoms with van der Waals surface area (Å²) in [4.78, 5) is 1.35. The third-order valence-corrected chi connectivity index (χ3v) is 4.46. The molecule has 0 aromatic carbocycles. The van der Waals surface area contributed by atoms with Crippen LogP contribution in [0.2, 0.25) is 0 Å². The molecule has 1 aromatic heterocycles. The van der Waals surface area contributed by atoms with Gasteiger partial charge in [0.05, 0.1) is 16.6 Å². The van der Waals surface area contributed by atoms with E-state index in [4.69, 9.17) is 0 Å². The summed E-state index contributed by atoms with van der Waals surface area (Å²) in [5.41, 5.74) is 2.76. The molecule has 1 aromatic rings. The van der Waals surface area contributed by atoms with Crippen molar-refractivity contribution in [1.29, 1.82) is 0 Å². The van der Waals surface area contributed by atoms with Gasteiger partial charge in [-0.15, -0.1) is 5.10 Å². The molecule has 0 saturated heterocycles. The summed E-state index contributed by atoms with van der Waals surface area (Å²) in [6.45, 7) is 5.49. The lowest BCUT2D eigenvalue weighted by Gasteiger charge is -2.24. The zero-order valence-corrected chi connectivity index (χ0v) is 12.9. The van der Waals surface area contributed by atoms with Gasteiger partial charge in [-0.2, -0.15) is 0 Å². The molecule has 19 heavy (non-hydrogen) atoms. The predicted octanol–water partition coefficient (Wildman–Crippen LogP) is 4.03. The molecule has 1 aliphatic carbocycles. The van der Waals surface area contributed by atoms with Crippen LogP contribution in [-0.2, 0) is 6.42 Å². The Morgan fingerprint density at radius 3 is 2.89 bits per heavy atom. The zero-order chi connectivity index (χ0) is 13.5. The Bertz CT molecular complexity index is 411. The average Bonchev–Trinajstić information content (AvgIpc) is 2.89. The van der Waals surface area contributed by atoms with Crippen LogP contribution in [0.1, 0.15) is 69.0 Å². The maximum atomic E-state index is 4.33. The molecule has 4 heteroatoms. The summed E-state index contributed by atoms with van der Waals surface area (Å²) < 4.78 is 4.19. The highest BCUT2D eigenvalue weighted by atomic mass is 32.1. The second-order valence-corrected chi connectivity index (χ2v) is 6.03. The number of allylic oxidation sites excluding steroid dienone is 1. The van der Waals surface area contributed by atoms with E-state index >= 15 is 0 Å². The highest BCUT2D eigenvalue weighted by molar-refractivity contribution is 7.05. The first-order valence-corrected chi connectivity index (χ1v) is 8.37. The van der Waals surface area contributed by atoms with Crippen molar-refractivity contribution in [2.45, 2.75) is 64.8 Å². The van der Waals surface area contributed by atoms with E-state index < -0.39 is 0 Å². The molecule has 1 N–H and O–H groups in total. The highest BCUT2D eigenvalue weighted by Gasteiger charge is 2.22. The maximum absolute atomic E-state index is 4.33. The molecular formula is C15H25N3S. The number of nitrogens with zero attached hydrogens (tertiary/aromatic N) is 2. The summed E-state index contributed by atoms with van der Waals surface area (Å²) in [5.74, 6) is 0. The molecule has 0 fully saturated rings. The molecule has 0 spiro atoms. The molecule has 0 amide bonds. The second-order valence-electron chi connectivity index (χ2n) is 5.25. The van der Waals surface area contributed by atoms with Gasteiger partial charge in [-0.3, -0.25) is 0 Å². The summed E-state index contributed by atoms with van der Waals surface area (Å²) in [6.07, 6.45) is 10.9. The van der Waals surface area contributed by atoms with Crippen LogP contribution in [-0.4, -0.2) is 16.1 Å². The van der Waals surface area contributed by atoms with Crippen LogP contribution in [0.5, 0.6) is 0 Å². The first kappa shape index (κ1) is 14.7. The van der Waals surface area contributed by atoms with E-state index in [-0.39, 0.29) is 0 Å². The molecule has 0 aliphatic heterocycles. The Hall–Kier alpha value is -0.740. The minimum Gasteiger partial charge on any atom is -0.306 e. The van der Waals surface area contributed by atoms with Gasteiger partial charge >= 0.3 is 0 Å². The van der Waals surface area contributed by atoms with Gasteiger partial charge in [0.1, 0.15) is 0 Å². The van der Waals surface area contributed by atoms with Gasteiger partial charge < -0.3 is 5.32 Å². The Kier molecular flexibility index (Phi) is 5.98. The first-order valence-electron chi connectivity index (χ1n) is 7.60. The van der Waals surface area contributed by atoms with Crippen LogP contribution < -0.4 is 5.32 Å². The molecule has 0 saturated carbocycles. The van der Waals surface area contributed by atoms with Crippen molar-refractivity contribution in [3.05, 3.63) is 22.2 Å². The lowest BCUT2D eigenvalue weighted by atomic mass is 9.92. The minimum atomic E-state index is 0.363. The fourth-order valence-electron chi connectivity index (χ4n) is 2.65. The second kappa shape index (κ2) is 7.75. The fourth-order valence-corrected chi connectivity index (χ4v) is 3.47. The Balaban J connectivity index is 2.20. The van der Waals surface area contributed by atoms with Gasteiger partial charge in [0.25, 0.3) is 0 Å². The predicted molar refractivity (Wildman–Crippen MR) is 81.5 cm³/mol. The molecule has 2 rings (SSSR count). The SMILES string of the molecule is CCCNC(C1=CCCCC1)c1snnc1CCC. The van der Waals surface area contributed by atoms with Crippen molar-refractivity contribution in [3.63, 3.8) is 0 Å². The molecule has 1 atom stereocenters. The number of rotatable bonds is 7. The third-order valence-electron chi connectivity index (χ3n) is 3.63. The quantitative estimate of drug-likeness (QED) is 0.766. The van der Waals surface area contributed by atoms with E-state index in [0.717, 1.165) is 19.4 Å². The Labute approximate surface area is 120 Å². The van der Waals surface area contributed by atoms with Crippen molar-refractivity contribution in [2.75, 3.05) is 6.54 Å². The normalized spacial score (nSPS) is 17.3. The summed E-state index contributed by atoms with van der Waals surface area (Å²) in [7, 11) is 0. The summed E-state index contributed by atoms with van der Waals surface area (Å²) in [5, 5.41) is 8.03. The molecule has 106 valence electrons. The fraction of sp³-hybridized carbons (Fsp3) is 0.733. The molecule has 3 nitrogen and oxygen atoms in total. The summed E-state index contributed by atoms with van der Waals surface area (Å²) >= 11 is 1.58. The molecule has 1 aliphatic rings. The Morgan fingerprint density at radius 1 is 1.32 bits per heavy atom. The minimum absolute atomic E-state index is 0.363. The summed E-state index contributed by atoms with van der Waals surface area (Å²) in [6, 6.07) is 0.363. The van der Waals surface area contributed by atoms with Gasteiger partial charge in [-0.25, -0.2) is 0 Å². The van der Waals surface area contributed by atoms with Crippen molar-refractivity contribution in [2.24, 2.45) is 0 Å². The Morgan fingerprint density at radius 2 is 2.21 bits per heavy atom. The van der Waals surface area contributed by atoms with Crippen LogP contribution >= 0.6 is 11.5 Å². The number of nitrogens with one attached hydrogen (secondary N) is 1. The van der Waals surface area contributed by atoms with Crippen LogP contribution in [0.4, 0.5) is 0 Å². The molecule has 1 unspecified atom stereocenters. The monoisotopic (exact) mass is 279 g/mol. The van der Waals surface area contributed by atoms with Gasteiger partial charge in [-0.1, -0.05) is 36.4 Å².